The van der Waals surface area contributed by atoms with Crippen molar-refractivity contribution >= 4 is 11.5 Å². The zero-order valence-electron chi connectivity index (χ0n) is 17.6. The molecule has 8 heteroatoms. The normalized spacial score (nSPS) is 17.0. The maximum Gasteiger partial charge on any atom is 0.332 e. The second-order valence-corrected chi connectivity index (χ2v) is 8.29. The van der Waals surface area contributed by atoms with Gasteiger partial charge in [0, 0.05) is 59.1 Å². The van der Waals surface area contributed by atoms with Crippen molar-refractivity contribution in [1.29, 1.82) is 5.26 Å². The SMILES string of the molecule is Cn1c(NCc2ccc(N3CCN(CC4CC4)CC3)cc2)c(C#N)c(=O)n(C)c1=O. The lowest BCUT2D eigenvalue weighted by Crippen LogP contribution is -2.47. The Labute approximate surface area is 176 Å². The van der Waals surface area contributed by atoms with Gasteiger partial charge in [-0.3, -0.25) is 18.8 Å². The molecule has 0 atom stereocenters. The fourth-order valence-corrected chi connectivity index (χ4v) is 4.02. The van der Waals surface area contributed by atoms with E-state index in [0.29, 0.717) is 6.54 Å². The van der Waals surface area contributed by atoms with Crippen molar-refractivity contribution in [3.05, 3.63) is 56.2 Å². The van der Waals surface area contributed by atoms with Crippen molar-refractivity contribution in [1.82, 2.24) is 14.0 Å². The van der Waals surface area contributed by atoms with Crippen LogP contribution >= 0.6 is 0 Å². The van der Waals surface area contributed by atoms with E-state index in [-0.39, 0.29) is 11.4 Å². The summed E-state index contributed by atoms with van der Waals surface area (Å²) in [6.45, 7) is 6.01. The summed E-state index contributed by atoms with van der Waals surface area (Å²) in [5, 5.41) is 12.5. The predicted molar refractivity (Wildman–Crippen MR) is 117 cm³/mol. The first kappa shape index (κ1) is 20.2. The van der Waals surface area contributed by atoms with E-state index in [1.807, 2.05) is 18.2 Å². The largest absolute Gasteiger partial charge is 0.369 e. The average Bonchev–Trinajstić information content (AvgIpc) is 3.59. The Morgan fingerprint density at radius 2 is 1.70 bits per heavy atom. The van der Waals surface area contributed by atoms with Gasteiger partial charge in [-0.25, -0.2) is 4.79 Å². The number of piperazine rings is 1. The molecule has 0 radical (unpaired) electrons. The zero-order chi connectivity index (χ0) is 21.3. The Bertz CT molecular complexity index is 1070. The van der Waals surface area contributed by atoms with Crippen LogP contribution in [0.2, 0.25) is 0 Å². The van der Waals surface area contributed by atoms with Gasteiger partial charge in [0.05, 0.1) is 0 Å². The van der Waals surface area contributed by atoms with Crippen LogP contribution in [-0.2, 0) is 20.6 Å². The van der Waals surface area contributed by atoms with Crippen LogP contribution in [-0.4, -0.2) is 46.8 Å². The van der Waals surface area contributed by atoms with Crippen LogP contribution in [0.5, 0.6) is 0 Å². The van der Waals surface area contributed by atoms with E-state index in [1.54, 1.807) is 7.05 Å². The number of hydrogen-bond acceptors (Lipinski definition) is 6. The zero-order valence-corrected chi connectivity index (χ0v) is 17.6. The number of hydrogen-bond donors (Lipinski definition) is 1. The van der Waals surface area contributed by atoms with Crippen molar-refractivity contribution in [2.75, 3.05) is 42.9 Å². The Morgan fingerprint density at radius 3 is 2.30 bits per heavy atom. The van der Waals surface area contributed by atoms with Crippen LogP contribution in [0.3, 0.4) is 0 Å². The number of anilines is 2. The lowest BCUT2D eigenvalue weighted by Gasteiger charge is -2.36. The van der Waals surface area contributed by atoms with Gasteiger partial charge in [0.25, 0.3) is 5.56 Å². The third-order valence-corrected chi connectivity index (χ3v) is 6.12. The van der Waals surface area contributed by atoms with E-state index in [9.17, 15) is 14.9 Å². The number of benzene rings is 1. The van der Waals surface area contributed by atoms with E-state index in [4.69, 9.17) is 0 Å². The number of aromatic nitrogens is 2. The number of rotatable bonds is 6. The maximum atomic E-state index is 12.2. The van der Waals surface area contributed by atoms with Crippen LogP contribution < -0.4 is 21.5 Å². The highest BCUT2D eigenvalue weighted by Gasteiger charge is 2.26. The maximum absolute atomic E-state index is 12.2. The van der Waals surface area contributed by atoms with Crippen molar-refractivity contribution in [3.63, 3.8) is 0 Å². The van der Waals surface area contributed by atoms with Crippen LogP contribution in [0.1, 0.15) is 24.0 Å². The Morgan fingerprint density at radius 1 is 1.03 bits per heavy atom. The standard InChI is InChI=1S/C22H28N6O2/c1-25-20(19(13-23)21(29)26(2)22(25)30)24-14-16-5-7-18(8-6-16)28-11-9-27(10-12-28)15-17-3-4-17/h5-8,17,24H,3-4,9-12,14-15H2,1-2H3. The van der Waals surface area contributed by atoms with Gasteiger partial charge in [0.2, 0.25) is 0 Å². The summed E-state index contributed by atoms with van der Waals surface area (Å²) in [6, 6.07) is 10.2. The van der Waals surface area contributed by atoms with E-state index >= 15 is 0 Å². The van der Waals surface area contributed by atoms with Crippen LogP contribution in [0.25, 0.3) is 0 Å². The molecule has 30 heavy (non-hydrogen) atoms. The lowest BCUT2D eigenvalue weighted by molar-refractivity contribution is 0.248. The molecule has 1 aromatic heterocycles. The Balaban J connectivity index is 1.40. The quantitative estimate of drug-likeness (QED) is 0.770. The molecule has 2 heterocycles. The van der Waals surface area contributed by atoms with Gasteiger partial charge in [-0.2, -0.15) is 5.26 Å². The molecule has 1 saturated carbocycles. The molecular weight excluding hydrogens is 380 g/mol. The van der Waals surface area contributed by atoms with Gasteiger partial charge in [0.1, 0.15) is 11.9 Å². The minimum Gasteiger partial charge on any atom is -0.369 e. The van der Waals surface area contributed by atoms with Gasteiger partial charge in [-0.1, -0.05) is 12.1 Å². The first-order valence-corrected chi connectivity index (χ1v) is 10.5. The van der Waals surface area contributed by atoms with Crippen molar-refractivity contribution in [2.45, 2.75) is 19.4 Å². The molecule has 1 saturated heterocycles. The van der Waals surface area contributed by atoms with E-state index in [1.165, 1.54) is 36.7 Å². The topological polar surface area (TPSA) is 86.3 Å². The number of nitrogens with one attached hydrogen (secondary N) is 1. The predicted octanol–water partition coefficient (Wildman–Crippen LogP) is 1.10. The summed E-state index contributed by atoms with van der Waals surface area (Å²) < 4.78 is 2.25. The Hall–Kier alpha value is -3.05. The summed E-state index contributed by atoms with van der Waals surface area (Å²) in [6.07, 6.45) is 2.80. The van der Waals surface area contributed by atoms with Crippen molar-refractivity contribution in [2.24, 2.45) is 20.0 Å². The lowest BCUT2D eigenvalue weighted by atomic mass is 10.1. The minimum absolute atomic E-state index is 0.0553. The highest BCUT2D eigenvalue weighted by Crippen LogP contribution is 2.30. The average molecular weight is 409 g/mol. The molecule has 1 aliphatic heterocycles. The molecule has 1 aromatic carbocycles. The molecule has 0 bridgehead atoms. The molecule has 0 unspecified atom stereocenters. The van der Waals surface area contributed by atoms with Gasteiger partial charge < -0.3 is 10.2 Å². The molecule has 0 amide bonds. The molecule has 8 nitrogen and oxygen atoms in total. The molecule has 2 fully saturated rings. The van der Waals surface area contributed by atoms with E-state index in [0.717, 1.165) is 42.2 Å². The van der Waals surface area contributed by atoms with E-state index < -0.39 is 11.2 Å². The number of nitriles is 1. The Kier molecular flexibility index (Phi) is 5.64. The summed E-state index contributed by atoms with van der Waals surface area (Å²) in [4.78, 5) is 29.3. The minimum atomic E-state index is -0.584. The van der Waals surface area contributed by atoms with Crippen LogP contribution in [0, 0.1) is 17.2 Å². The fraction of sp³-hybridized carbons (Fsp3) is 0.500. The third kappa shape index (κ3) is 4.12. The third-order valence-electron chi connectivity index (χ3n) is 6.12. The highest BCUT2D eigenvalue weighted by atomic mass is 16.2. The van der Waals surface area contributed by atoms with Crippen molar-refractivity contribution < 1.29 is 0 Å². The molecule has 1 N–H and O–H groups in total. The molecule has 2 aromatic rings. The van der Waals surface area contributed by atoms with Gasteiger partial charge in [-0.05, 0) is 36.5 Å². The van der Waals surface area contributed by atoms with Crippen LogP contribution in [0.15, 0.2) is 33.9 Å². The van der Waals surface area contributed by atoms with Crippen molar-refractivity contribution in [3.8, 4) is 6.07 Å². The monoisotopic (exact) mass is 408 g/mol. The van der Waals surface area contributed by atoms with E-state index in [2.05, 4.69) is 27.2 Å². The van der Waals surface area contributed by atoms with Gasteiger partial charge in [0.15, 0.2) is 5.56 Å². The highest BCUT2D eigenvalue weighted by molar-refractivity contribution is 5.52. The molecule has 4 rings (SSSR count). The number of nitrogens with zero attached hydrogens (tertiary/aromatic N) is 5. The summed E-state index contributed by atoms with van der Waals surface area (Å²) >= 11 is 0. The fourth-order valence-electron chi connectivity index (χ4n) is 4.02. The summed E-state index contributed by atoms with van der Waals surface area (Å²) in [5.74, 6) is 1.19. The first-order valence-electron chi connectivity index (χ1n) is 10.5. The molecule has 158 valence electrons. The van der Waals surface area contributed by atoms with Gasteiger partial charge >= 0.3 is 5.69 Å². The summed E-state index contributed by atoms with van der Waals surface area (Å²) in [7, 11) is 2.93. The summed E-state index contributed by atoms with van der Waals surface area (Å²) in [5.41, 5.74) is 1.13. The molecule has 0 spiro atoms. The molecular formula is C22H28N6O2. The second kappa shape index (κ2) is 8.36. The van der Waals surface area contributed by atoms with Gasteiger partial charge in [-0.15, -0.1) is 0 Å². The molecule has 2 aliphatic rings. The smallest absolute Gasteiger partial charge is 0.332 e. The van der Waals surface area contributed by atoms with Crippen LogP contribution in [0.4, 0.5) is 11.5 Å². The second-order valence-electron chi connectivity index (χ2n) is 8.29. The molecule has 1 aliphatic carbocycles. The first-order chi connectivity index (χ1) is 14.5.